The van der Waals surface area contributed by atoms with Crippen LogP contribution in [0.4, 0.5) is 5.82 Å². The van der Waals surface area contributed by atoms with Gasteiger partial charge in [0.1, 0.15) is 11.6 Å². The first-order valence-electron chi connectivity index (χ1n) is 7.37. The number of benzene rings is 1. The van der Waals surface area contributed by atoms with Crippen LogP contribution in [0.3, 0.4) is 0 Å². The molecule has 4 heteroatoms. The molecule has 3 nitrogen and oxygen atoms in total. The molecule has 0 aliphatic carbocycles. The monoisotopic (exact) mass is 303 g/mol. The van der Waals surface area contributed by atoms with Crippen molar-refractivity contribution in [3.8, 4) is 0 Å². The lowest BCUT2D eigenvalue weighted by atomic mass is 9.98. The fraction of sp³-hybridized carbons (Fsp3) is 0.412. The molecule has 0 saturated heterocycles. The van der Waals surface area contributed by atoms with E-state index in [1.54, 1.807) is 0 Å². The number of nitrogens with one attached hydrogen (secondary N) is 1. The second-order valence-corrected chi connectivity index (χ2v) is 5.84. The van der Waals surface area contributed by atoms with Crippen LogP contribution in [-0.4, -0.2) is 16.5 Å². The standard InChI is InChI=1S/C17H22ClN3/c1-5-19-17-14(10-13-8-6-7-9-15(13)18)16(11(2)3)20-12(4)21-17/h6-9,11H,5,10H2,1-4H3,(H,19,20,21). The van der Waals surface area contributed by atoms with E-state index in [1.165, 1.54) is 0 Å². The number of aryl methyl sites for hydroxylation is 1. The van der Waals surface area contributed by atoms with E-state index < -0.39 is 0 Å². The van der Waals surface area contributed by atoms with E-state index in [1.807, 2.05) is 25.1 Å². The van der Waals surface area contributed by atoms with Crippen LogP contribution in [0.2, 0.25) is 5.02 Å². The van der Waals surface area contributed by atoms with Crippen LogP contribution in [0.25, 0.3) is 0 Å². The van der Waals surface area contributed by atoms with Crippen molar-refractivity contribution in [2.45, 2.75) is 40.0 Å². The molecule has 0 fully saturated rings. The van der Waals surface area contributed by atoms with Gasteiger partial charge >= 0.3 is 0 Å². The fourth-order valence-corrected chi connectivity index (χ4v) is 2.62. The second-order valence-electron chi connectivity index (χ2n) is 5.44. The van der Waals surface area contributed by atoms with Crippen molar-refractivity contribution in [3.05, 3.63) is 51.9 Å². The Kier molecular flexibility index (Phi) is 5.18. The highest BCUT2D eigenvalue weighted by Crippen LogP contribution is 2.28. The molecule has 1 aromatic carbocycles. The number of anilines is 1. The molecule has 2 aromatic rings. The quantitative estimate of drug-likeness (QED) is 0.878. The Bertz CT molecular complexity index is 623. The lowest BCUT2D eigenvalue weighted by molar-refractivity contribution is 0.781. The smallest absolute Gasteiger partial charge is 0.133 e. The predicted octanol–water partition coefficient (Wildman–Crippen LogP) is 4.58. The van der Waals surface area contributed by atoms with E-state index in [4.69, 9.17) is 11.6 Å². The molecule has 112 valence electrons. The highest BCUT2D eigenvalue weighted by molar-refractivity contribution is 6.31. The predicted molar refractivity (Wildman–Crippen MR) is 89.3 cm³/mol. The van der Waals surface area contributed by atoms with Crippen molar-refractivity contribution < 1.29 is 0 Å². The van der Waals surface area contributed by atoms with Gasteiger partial charge in [0.2, 0.25) is 0 Å². The van der Waals surface area contributed by atoms with Crippen LogP contribution in [-0.2, 0) is 6.42 Å². The molecule has 21 heavy (non-hydrogen) atoms. The minimum atomic E-state index is 0.349. The lowest BCUT2D eigenvalue weighted by Gasteiger charge is -2.17. The minimum absolute atomic E-state index is 0.349. The maximum Gasteiger partial charge on any atom is 0.133 e. The Labute approximate surface area is 131 Å². The van der Waals surface area contributed by atoms with Gasteiger partial charge in [-0.25, -0.2) is 9.97 Å². The van der Waals surface area contributed by atoms with Crippen molar-refractivity contribution in [2.24, 2.45) is 0 Å². The summed E-state index contributed by atoms with van der Waals surface area (Å²) < 4.78 is 0. The Morgan fingerprint density at radius 2 is 1.90 bits per heavy atom. The molecule has 1 N–H and O–H groups in total. The maximum absolute atomic E-state index is 6.31. The molecule has 0 spiro atoms. The Morgan fingerprint density at radius 3 is 2.52 bits per heavy atom. The number of hydrogen-bond donors (Lipinski definition) is 1. The summed E-state index contributed by atoms with van der Waals surface area (Å²) in [6, 6.07) is 7.94. The van der Waals surface area contributed by atoms with Gasteiger partial charge in [0.15, 0.2) is 0 Å². The van der Waals surface area contributed by atoms with Gasteiger partial charge < -0.3 is 5.32 Å². The summed E-state index contributed by atoms with van der Waals surface area (Å²) >= 11 is 6.31. The highest BCUT2D eigenvalue weighted by atomic mass is 35.5. The summed E-state index contributed by atoms with van der Waals surface area (Å²) in [6.07, 6.45) is 0.746. The van der Waals surface area contributed by atoms with E-state index in [2.05, 4.69) is 42.1 Å². The molecule has 0 bridgehead atoms. The van der Waals surface area contributed by atoms with Gasteiger partial charge in [0, 0.05) is 23.6 Å². The van der Waals surface area contributed by atoms with Crippen LogP contribution in [0.1, 0.15) is 49.3 Å². The molecule has 0 radical (unpaired) electrons. The van der Waals surface area contributed by atoms with Gasteiger partial charge in [-0.15, -0.1) is 0 Å². The summed E-state index contributed by atoms with van der Waals surface area (Å²) in [5.41, 5.74) is 3.34. The molecule has 0 atom stereocenters. The fourth-order valence-electron chi connectivity index (χ4n) is 2.42. The first-order chi connectivity index (χ1) is 10.0. The Balaban J connectivity index is 2.51. The first kappa shape index (κ1) is 15.8. The van der Waals surface area contributed by atoms with E-state index >= 15 is 0 Å². The van der Waals surface area contributed by atoms with E-state index in [0.717, 1.165) is 46.5 Å². The van der Waals surface area contributed by atoms with Crippen molar-refractivity contribution in [1.29, 1.82) is 0 Å². The van der Waals surface area contributed by atoms with E-state index in [9.17, 15) is 0 Å². The van der Waals surface area contributed by atoms with Gasteiger partial charge in [0.05, 0.1) is 5.69 Å². The molecule has 0 aliphatic rings. The normalized spacial score (nSPS) is 11.0. The molecular formula is C17H22ClN3. The van der Waals surface area contributed by atoms with Crippen LogP contribution in [0, 0.1) is 6.92 Å². The summed E-state index contributed by atoms with van der Waals surface area (Å²) in [5.74, 6) is 2.08. The van der Waals surface area contributed by atoms with Crippen molar-refractivity contribution in [1.82, 2.24) is 9.97 Å². The van der Waals surface area contributed by atoms with E-state index in [0.29, 0.717) is 5.92 Å². The average Bonchev–Trinajstić information content (AvgIpc) is 2.43. The molecule has 1 aromatic heterocycles. The second kappa shape index (κ2) is 6.90. The summed E-state index contributed by atoms with van der Waals surface area (Å²) in [6.45, 7) is 9.17. The summed E-state index contributed by atoms with van der Waals surface area (Å²) in [5, 5.41) is 4.14. The number of nitrogens with zero attached hydrogens (tertiary/aromatic N) is 2. The molecule has 2 rings (SSSR count). The van der Waals surface area contributed by atoms with Crippen LogP contribution in [0.15, 0.2) is 24.3 Å². The van der Waals surface area contributed by atoms with Crippen LogP contribution in [0.5, 0.6) is 0 Å². The van der Waals surface area contributed by atoms with Gasteiger partial charge in [-0.1, -0.05) is 43.6 Å². The Morgan fingerprint density at radius 1 is 1.19 bits per heavy atom. The summed E-state index contributed by atoms with van der Waals surface area (Å²) in [4.78, 5) is 9.21. The van der Waals surface area contributed by atoms with Crippen LogP contribution >= 0.6 is 11.6 Å². The number of aromatic nitrogens is 2. The number of halogens is 1. The van der Waals surface area contributed by atoms with Gasteiger partial charge in [0.25, 0.3) is 0 Å². The van der Waals surface area contributed by atoms with Gasteiger partial charge in [-0.2, -0.15) is 0 Å². The Hall–Kier alpha value is -1.61. The van der Waals surface area contributed by atoms with Gasteiger partial charge in [-0.3, -0.25) is 0 Å². The molecule has 0 aliphatic heterocycles. The zero-order chi connectivity index (χ0) is 15.4. The third kappa shape index (κ3) is 3.73. The maximum atomic E-state index is 6.31. The molecule has 0 unspecified atom stereocenters. The van der Waals surface area contributed by atoms with Crippen molar-refractivity contribution >= 4 is 17.4 Å². The van der Waals surface area contributed by atoms with Gasteiger partial charge in [-0.05, 0) is 31.4 Å². The van der Waals surface area contributed by atoms with Crippen LogP contribution < -0.4 is 5.32 Å². The number of rotatable bonds is 5. The molecule has 0 saturated carbocycles. The third-order valence-electron chi connectivity index (χ3n) is 3.37. The molecule has 0 amide bonds. The topological polar surface area (TPSA) is 37.8 Å². The zero-order valence-corrected chi connectivity index (χ0v) is 13.8. The molecular weight excluding hydrogens is 282 g/mol. The van der Waals surface area contributed by atoms with Crippen molar-refractivity contribution in [3.63, 3.8) is 0 Å². The average molecular weight is 304 g/mol. The highest BCUT2D eigenvalue weighted by Gasteiger charge is 2.16. The van der Waals surface area contributed by atoms with E-state index in [-0.39, 0.29) is 0 Å². The zero-order valence-electron chi connectivity index (χ0n) is 13.1. The molecule has 1 heterocycles. The minimum Gasteiger partial charge on any atom is -0.370 e. The number of hydrogen-bond acceptors (Lipinski definition) is 3. The SMILES string of the molecule is CCNc1nc(C)nc(C(C)C)c1Cc1ccccc1Cl. The largest absolute Gasteiger partial charge is 0.370 e. The first-order valence-corrected chi connectivity index (χ1v) is 7.75. The lowest BCUT2D eigenvalue weighted by Crippen LogP contribution is -2.12. The summed E-state index contributed by atoms with van der Waals surface area (Å²) in [7, 11) is 0. The van der Waals surface area contributed by atoms with Crippen molar-refractivity contribution in [2.75, 3.05) is 11.9 Å². The third-order valence-corrected chi connectivity index (χ3v) is 3.74.